The maximum Gasteiger partial charge on any atom is 0.139 e. The molecule has 0 saturated carbocycles. The van der Waals surface area contributed by atoms with Crippen molar-refractivity contribution < 1.29 is 0 Å². The molecule has 1 aliphatic heterocycles. The van der Waals surface area contributed by atoms with E-state index in [4.69, 9.17) is 10.7 Å². The lowest BCUT2D eigenvalue weighted by Gasteiger charge is -2.34. The zero-order valence-electron chi connectivity index (χ0n) is 12.4. The van der Waals surface area contributed by atoms with Crippen molar-refractivity contribution in [3.63, 3.8) is 0 Å². The van der Waals surface area contributed by atoms with Crippen LogP contribution >= 0.6 is 0 Å². The van der Waals surface area contributed by atoms with E-state index in [2.05, 4.69) is 29.3 Å². The quantitative estimate of drug-likeness (QED) is 0.934. The Bertz CT molecular complexity index is 579. The molecule has 3 rings (SSSR count). The van der Waals surface area contributed by atoms with Crippen LogP contribution in [0.1, 0.15) is 32.4 Å². The van der Waals surface area contributed by atoms with Gasteiger partial charge in [-0.15, -0.1) is 0 Å². The number of imidazole rings is 1. The molecule has 3 heterocycles. The lowest BCUT2D eigenvalue weighted by molar-refractivity contribution is 0.149. The van der Waals surface area contributed by atoms with Gasteiger partial charge in [-0.1, -0.05) is 0 Å². The standard InChI is InChI=1S/C16H24N4/c1-12(2)19-6-3-13(4-7-19)9-15-11-20-8-5-14(17)10-16(20)18-15/h5,8,10-13H,3-4,6-7,9,17H2,1-2H3. The zero-order valence-corrected chi connectivity index (χ0v) is 12.4. The summed E-state index contributed by atoms with van der Waals surface area (Å²) in [5.41, 5.74) is 8.73. The van der Waals surface area contributed by atoms with E-state index in [0.717, 1.165) is 23.7 Å². The highest BCUT2D eigenvalue weighted by atomic mass is 15.1. The third-order valence-corrected chi connectivity index (χ3v) is 4.41. The maximum absolute atomic E-state index is 5.80. The van der Waals surface area contributed by atoms with Crippen molar-refractivity contribution in [2.24, 2.45) is 5.92 Å². The second-order valence-electron chi connectivity index (χ2n) is 6.24. The first kappa shape index (κ1) is 13.4. The molecular formula is C16H24N4. The Balaban J connectivity index is 1.65. The highest BCUT2D eigenvalue weighted by Gasteiger charge is 2.21. The van der Waals surface area contributed by atoms with Crippen molar-refractivity contribution in [1.82, 2.24) is 14.3 Å². The normalized spacial score (nSPS) is 18.1. The largest absolute Gasteiger partial charge is 0.399 e. The molecule has 0 aliphatic carbocycles. The number of nitrogens with two attached hydrogens (primary N) is 1. The molecule has 1 aliphatic rings. The van der Waals surface area contributed by atoms with Crippen LogP contribution in [0.3, 0.4) is 0 Å². The van der Waals surface area contributed by atoms with Gasteiger partial charge >= 0.3 is 0 Å². The average molecular weight is 272 g/mol. The predicted octanol–water partition coefficient (Wildman–Crippen LogP) is 2.58. The molecule has 1 fully saturated rings. The topological polar surface area (TPSA) is 46.6 Å². The van der Waals surface area contributed by atoms with Crippen LogP contribution in [0.5, 0.6) is 0 Å². The monoisotopic (exact) mass is 272 g/mol. The molecule has 0 unspecified atom stereocenters. The molecule has 0 amide bonds. The van der Waals surface area contributed by atoms with Crippen LogP contribution in [-0.2, 0) is 6.42 Å². The second kappa shape index (κ2) is 5.44. The number of piperidine rings is 1. The summed E-state index contributed by atoms with van der Waals surface area (Å²) in [4.78, 5) is 7.26. The maximum atomic E-state index is 5.80. The Labute approximate surface area is 120 Å². The number of likely N-dealkylation sites (tertiary alicyclic amines) is 1. The molecule has 2 N–H and O–H groups in total. The van der Waals surface area contributed by atoms with Crippen LogP contribution in [0, 0.1) is 5.92 Å². The summed E-state index contributed by atoms with van der Waals surface area (Å²) >= 11 is 0. The van der Waals surface area contributed by atoms with Crippen LogP contribution < -0.4 is 5.73 Å². The fourth-order valence-electron chi connectivity index (χ4n) is 3.12. The van der Waals surface area contributed by atoms with E-state index >= 15 is 0 Å². The second-order valence-corrected chi connectivity index (χ2v) is 6.24. The van der Waals surface area contributed by atoms with E-state index in [1.54, 1.807) is 0 Å². The molecule has 0 spiro atoms. The molecule has 0 aromatic carbocycles. The SMILES string of the molecule is CC(C)N1CCC(Cc2cn3ccc(N)cc3n2)CC1. The summed E-state index contributed by atoms with van der Waals surface area (Å²) in [5, 5.41) is 0. The van der Waals surface area contributed by atoms with Gasteiger partial charge in [0, 0.05) is 30.2 Å². The smallest absolute Gasteiger partial charge is 0.139 e. The third kappa shape index (κ3) is 2.80. The fourth-order valence-corrected chi connectivity index (χ4v) is 3.12. The van der Waals surface area contributed by atoms with Gasteiger partial charge in [-0.05, 0) is 58.2 Å². The number of aromatic nitrogens is 2. The first-order chi connectivity index (χ1) is 9.61. The summed E-state index contributed by atoms with van der Waals surface area (Å²) in [6.07, 6.45) is 7.79. The van der Waals surface area contributed by atoms with E-state index in [-0.39, 0.29) is 0 Å². The molecule has 20 heavy (non-hydrogen) atoms. The minimum absolute atomic E-state index is 0.675. The summed E-state index contributed by atoms with van der Waals surface area (Å²) in [5.74, 6) is 0.771. The molecule has 0 bridgehead atoms. The van der Waals surface area contributed by atoms with Crippen LogP contribution in [0.4, 0.5) is 5.69 Å². The van der Waals surface area contributed by atoms with Crippen LogP contribution in [0.15, 0.2) is 24.5 Å². The Morgan fingerprint density at radius 2 is 2.10 bits per heavy atom. The highest BCUT2D eigenvalue weighted by molar-refractivity contribution is 5.52. The summed E-state index contributed by atoms with van der Waals surface area (Å²) in [7, 11) is 0. The minimum Gasteiger partial charge on any atom is -0.399 e. The zero-order chi connectivity index (χ0) is 14.1. The van der Waals surface area contributed by atoms with Crippen molar-refractivity contribution in [2.45, 2.75) is 39.2 Å². The lowest BCUT2D eigenvalue weighted by atomic mass is 9.92. The predicted molar refractivity (Wildman–Crippen MR) is 82.7 cm³/mol. The Kier molecular flexibility index (Phi) is 3.66. The van der Waals surface area contributed by atoms with E-state index < -0.39 is 0 Å². The van der Waals surface area contributed by atoms with Gasteiger partial charge in [0.05, 0.1) is 5.69 Å². The highest BCUT2D eigenvalue weighted by Crippen LogP contribution is 2.23. The number of nitrogen functional groups attached to an aromatic ring is 1. The van der Waals surface area contributed by atoms with Crippen molar-refractivity contribution in [3.05, 3.63) is 30.2 Å². The van der Waals surface area contributed by atoms with Gasteiger partial charge < -0.3 is 15.0 Å². The van der Waals surface area contributed by atoms with E-state index in [1.807, 2.05) is 18.3 Å². The molecular weight excluding hydrogens is 248 g/mol. The fraction of sp³-hybridized carbons (Fsp3) is 0.562. The Hall–Kier alpha value is -1.55. The number of rotatable bonds is 3. The molecule has 2 aromatic heterocycles. The molecule has 4 nitrogen and oxygen atoms in total. The van der Waals surface area contributed by atoms with Crippen molar-refractivity contribution in [3.8, 4) is 0 Å². The number of nitrogens with zero attached hydrogens (tertiary/aromatic N) is 3. The molecule has 1 saturated heterocycles. The molecule has 4 heteroatoms. The Morgan fingerprint density at radius 1 is 1.35 bits per heavy atom. The number of hydrogen-bond donors (Lipinski definition) is 1. The minimum atomic E-state index is 0.675. The van der Waals surface area contributed by atoms with Crippen molar-refractivity contribution in [1.29, 1.82) is 0 Å². The van der Waals surface area contributed by atoms with Gasteiger partial charge in [0.15, 0.2) is 0 Å². The Morgan fingerprint density at radius 3 is 2.80 bits per heavy atom. The van der Waals surface area contributed by atoms with E-state index in [1.165, 1.54) is 31.6 Å². The molecule has 0 atom stereocenters. The van der Waals surface area contributed by atoms with Gasteiger partial charge in [-0.2, -0.15) is 0 Å². The third-order valence-electron chi connectivity index (χ3n) is 4.41. The van der Waals surface area contributed by atoms with Gasteiger partial charge in [-0.25, -0.2) is 4.98 Å². The van der Waals surface area contributed by atoms with Gasteiger partial charge in [0.25, 0.3) is 0 Å². The number of pyridine rings is 1. The average Bonchev–Trinajstić information content (AvgIpc) is 2.80. The van der Waals surface area contributed by atoms with Gasteiger partial charge in [-0.3, -0.25) is 0 Å². The summed E-state index contributed by atoms with van der Waals surface area (Å²) < 4.78 is 2.06. The van der Waals surface area contributed by atoms with Crippen molar-refractivity contribution >= 4 is 11.3 Å². The van der Waals surface area contributed by atoms with Gasteiger partial charge in [0.1, 0.15) is 5.65 Å². The summed E-state index contributed by atoms with van der Waals surface area (Å²) in [6.45, 7) is 7.02. The van der Waals surface area contributed by atoms with E-state index in [0.29, 0.717) is 6.04 Å². The summed E-state index contributed by atoms with van der Waals surface area (Å²) in [6, 6.07) is 4.53. The van der Waals surface area contributed by atoms with Crippen molar-refractivity contribution in [2.75, 3.05) is 18.8 Å². The van der Waals surface area contributed by atoms with E-state index in [9.17, 15) is 0 Å². The lowest BCUT2D eigenvalue weighted by Crippen LogP contribution is -2.38. The number of anilines is 1. The first-order valence-electron chi connectivity index (χ1n) is 7.59. The molecule has 0 radical (unpaired) electrons. The van der Waals surface area contributed by atoms with Crippen LogP contribution in [-0.4, -0.2) is 33.4 Å². The number of fused-ring (bicyclic) bond motifs is 1. The van der Waals surface area contributed by atoms with Gasteiger partial charge in [0.2, 0.25) is 0 Å². The molecule has 2 aromatic rings. The first-order valence-corrected chi connectivity index (χ1v) is 7.59. The molecule has 108 valence electrons. The van der Waals surface area contributed by atoms with Crippen LogP contribution in [0.2, 0.25) is 0 Å². The van der Waals surface area contributed by atoms with Crippen LogP contribution in [0.25, 0.3) is 5.65 Å². The number of hydrogen-bond acceptors (Lipinski definition) is 3.